The molecule has 4 atom stereocenters. The lowest BCUT2D eigenvalue weighted by molar-refractivity contribution is -0.144. The number of nitrogens with zero attached hydrogens (tertiary/aromatic N) is 2. The molecule has 3 fully saturated rings. The first-order chi connectivity index (χ1) is 18.5. The second-order valence-electron chi connectivity index (χ2n) is 11.0. The largest absolute Gasteiger partial charge is 0.508 e. The molecule has 198 valence electrons. The Morgan fingerprint density at radius 1 is 0.947 bits per heavy atom. The number of aliphatic hydroxyl groups excluding tert-OH is 1. The summed E-state index contributed by atoms with van der Waals surface area (Å²) in [5, 5.41) is 31.5. The number of piperidine rings is 1. The first kappa shape index (κ1) is 25.3. The highest BCUT2D eigenvalue weighted by atomic mass is 16.5. The predicted octanol–water partition coefficient (Wildman–Crippen LogP) is 2.45. The van der Waals surface area contributed by atoms with E-state index in [1.54, 1.807) is 24.3 Å². The zero-order valence-corrected chi connectivity index (χ0v) is 21.3. The van der Waals surface area contributed by atoms with Gasteiger partial charge in [-0.15, -0.1) is 0 Å². The summed E-state index contributed by atoms with van der Waals surface area (Å²) in [6, 6.07) is 17.0. The lowest BCUT2D eigenvalue weighted by Gasteiger charge is -2.42. The van der Waals surface area contributed by atoms with Crippen LogP contribution in [0.25, 0.3) is 0 Å². The summed E-state index contributed by atoms with van der Waals surface area (Å²) in [7, 11) is -1.31. The number of imide groups is 1. The van der Waals surface area contributed by atoms with Crippen LogP contribution in [-0.4, -0.2) is 69.7 Å². The molecule has 3 aliphatic heterocycles. The summed E-state index contributed by atoms with van der Waals surface area (Å²) in [5.41, 5.74) is 2.90. The van der Waals surface area contributed by atoms with Crippen molar-refractivity contribution in [2.75, 3.05) is 19.7 Å². The minimum absolute atomic E-state index is 0.0598. The third-order valence-corrected chi connectivity index (χ3v) is 8.89. The second kappa shape index (κ2) is 10.3. The number of amides is 2. The Kier molecular flexibility index (Phi) is 6.86. The number of aromatic hydroxyl groups is 1. The topological polar surface area (TPSA) is 111 Å². The van der Waals surface area contributed by atoms with Gasteiger partial charge in [-0.25, -0.2) is 0 Å². The van der Waals surface area contributed by atoms with E-state index in [1.165, 1.54) is 10.5 Å². The molecule has 3 saturated heterocycles. The van der Waals surface area contributed by atoms with Gasteiger partial charge in [-0.2, -0.15) is 0 Å². The van der Waals surface area contributed by atoms with Crippen molar-refractivity contribution in [1.29, 1.82) is 0 Å². The molecule has 2 amide bonds. The van der Waals surface area contributed by atoms with Crippen LogP contribution in [0.1, 0.15) is 42.9 Å². The van der Waals surface area contributed by atoms with E-state index < -0.39 is 31.0 Å². The Bertz CT molecular complexity index is 1240. The Morgan fingerprint density at radius 2 is 1.66 bits per heavy atom. The highest BCUT2D eigenvalue weighted by Gasteiger charge is 2.59. The van der Waals surface area contributed by atoms with Crippen molar-refractivity contribution in [3.63, 3.8) is 0 Å². The highest BCUT2D eigenvalue weighted by molar-refractivity contribution is 6.53. The Hall–Kier alpha value is -2.98. The van der Waals surface area contributed by atoms with Gasteiger partial charge in [0.1, 0.15) is 5.75 Å². The zero-order chi connectivity index (χ0) is 26.4. The fourth-order valence-electron chi connectivity index (χ4n) is 7.08. The smallest absolute Gasteiger partial charge is 0.487 e. The SMILES string of the molecule is O=C1[C@H]2[C@H](CC(CO)=C3B(O)O[C@H](c4ccccc4O)C[C@H]32)C(=O)N1C1CCN(Cc2ccccc2)CC1. The first-order valence-electron chi connectivity index (χ1n) is 13.5. The number of hydrogen-bond acceptors (Lipinski definition) is 7. The number of rotatable bonds is 5. The molecule has 0 saturated carbocycles. The molecule has 9 heteroatoms. The molecule has 0 spiro atoms. The Labute approximate surface area is 222 Å². The Balaban J connectivity index is 1.22. The van der Waals surface area contributed by atoms with Crippen molar-refractivity contribution in [3.05, 3.63) is 76.8 Å². The predicted molar refractivity (Wildman–Crippen MR) is 140 cm³/mol. The number of aliphatic hydroxyl groups is 1. The number of hydrogen-bond donors (Lipinski definition) is 3. The van der Waals surface area contributed by atoms with E-state index in [0.29, 0.717) is 23.0 Å². The number of carbonyl (C=O) groups is 2. The number of fused-ring (bicyclic) bond motifs is 3. The second-order valence-corrected chi connectivity index (χ2v) is 11.0. The Morgan fingerprint density at radius 3 is 2.37 bits per heavy atom. The van der Waals surface area contributed by atoms with E-state index >= 15 is 0 Å². The summed E-state index contributed by atoms with van der Waals surface area (Å²) >= 11 is 0. The highest BCUT2D eigenvalue weighted by Crippen LogP contribution is 2.52. The third kappa shape index (κ3) is 4.37. The minimum Gasteiger partial charge on any atom is -0.508 e. The average Bonchev–Trinajstić information content (AvgIpc) is 3.18. The molecule has 6 rings (SSSR count). The monoisotopic (exact) mass is 516 g/mol. The van der Waals surface area contributed by atoms with Gasteiger partial charge in [-0.1, -0.05) is 48.5 Å². The molecule has 2 aromatic carbocycles. The van der Waals surface area contributed by atoms with Gasteiger partial charge in [0.05, 0.1) is 24.5 Å². The molecule has 3 N–H and O–H groups in total. The first-order valence-corrected chi connectivity index (χ1v) is 13.5. The summed E-state index contributed by atoms with van der Waals surface area (Å²) in [4.78, 5) is 31.5. The maximum Gasteiger partial charge on any atom is 0.487 e. The maximum atomic E-state index is 13.9. The standard InChI is InChI=1S/C29H33BN2O6/c33-17-19-14-23-26(22-15-25(38-30(37)27(19)22)21-8-4-5-9-24(21)34)29(36)32(28(23)35)20-10-12-31(13-11-20)16-18-6-2-1-3-7-18/h1-9,20,22-23,25-26,33-34,37H,10-17H2/t22-,23-,25-,26+/m0/s1. The van der Waals surface area contributed by atoms with Crippen LogP contribution >= 0.6 is 0 Å². The molecule has 4 aliphatic rings. The maximum absolute atomic E-state index is 13.9. The molecule has 1 aliphatic carbocycles. The average molecular weight is 516 g/mol. The van der Waals surface area contributed by atoms with E-state index in [4.69, 9.17) is 4.65 Å². The van der Waals surface area contributed by atoms with Crippen LogP contribution in [0.4, 0.5) is 0 Å². The van der Waals surface area contributed by atoms with Crippen LogP contribution in [0.5, 0.6) is 5.75 Å². The fraction of sp³-hybridized carbons (Fsp3) is 0.448. The van der Waals surface area contributed by atoms with Gasteiger partial charge in [0, 0.05) is 31.2 Å². The molecule has 0 radical (unpaired) electrons. The van der Waals surface area contributed by atoms with E-state index in [0.717, 1.165) is 32.5 Å². The van der Waals surface area contributed by atoms with Gasteiger partial charge < -0.3 is 19.9 Å². The molecule has 2 aromatic rings. The third-order valence-electron chi connectivity index (χ3n) is 8.89. The number of phenolic OH excluding ortho intramolecular Hbond substituents is 1. The lowest BCUT2D eigenvalue weighted by Crippen LogP contribution is -2.48. The molecular weight excluding hydrogens is 483 g/mol. The van der Waals surface area contributed by atoms with Crippen molar-refractivity contribution < 1.29 is 29.5 Å². The van der Waals surface area contributed by atoms with Crippen LogP contribution in [0.2, 0.25) is 0 Å². The normalized spacial score (nSPS) is 28.6. The van der Waals surface area contributed by atoms with Gasteiger partial charge in [0.25, 0.3) is 0 Å². The van der Waals surface area contributed by atoms with Gasteiger partial charge in [0.2, 0.25) is 11.8 Å². The molecule has 38 heavy (non-hydrogen) atoms. The van der Waals surface area contributed by atoms with Gasteiger partial charge in [-0.3, -0.25) is 19.4 Å². The quantitative estimate of drug-likeness (QED) is 0.414. The van der Waals surface area contributed by atoms with Crippen molar-refractivity contribution >= 4 is 18.9 Å². The van der Waals surface area contributed by atoms with E-state index in [-0.39, 0.29) is 36.6 Å². The lowest BCUT2D eigenvalue weighted by atomic mass is 9.55. The summed E-state index contributed by atoms with van der Waals surface area (Å²) < 4.78 is 5.88. The van der Waals surface area contributed by atoms with Gasteiger partial charge in [0.15, 0.2) is 0 Å². The van der Waals surface area contributed by atoms with Crippen LogP contribution in [0, 0.1) is 17.8 Å². The van der Waals surface area contributed by atoms with E-state index in [9.17, 15) is 24.8 Å². The molecule has 8 nitrogen and oxygen atoms in total. The number of allylic oxidation sites excluding steroid dienone is 1. The molecule has 3 heterocycles. The van der Waals surface area contributed by atoms with Gasteiger partial charge in [-0.05, 0) is 54.3 Å². The fourth-order valence-corrected chi connectivity index (χ4v) is 7.08. The number of para-hydroxylation sites is 1. The van der Waals surface area contributed by atoms with E-state index in [2.05, 4.69) is 17.0 Å². The number of benzene rings is 2. The van der Waals surface area contributed by atoms with Crippen molar-refractivity contribution in [3.8, 4) is 5.75 Å². The minimum atomic E-state index is -1.31. The molecule has 0 aromatic heterocycles. The zero-order valence-electron chi connectivity index (χ0n) is 21.3. The van der Waals surface area contributed by atoms with Crippen LogP contribution < -0.4 is 0 Å². The van der Waals surface area contributed by atoms with Gasteiger partial charge >= 0.3 is 7.12 Å². The molecule has 0 bridgehead atoms. The van der Waals surface area contributed by atoms with Crippen LogP contribution in [0.15, 0.2) is 65.6 Å². The van der Waals surface area contributed by atoms with Crippen LogP contribution in [0.3, 0.4) is 0 Å². The van der Waals surface area contributed by atoms with E-state index in [1.807, 2.05) is 18.2 Å². The van der Waals surface area contributed by atoms with Crippen molar-refractivity contribution in [2.24, 2.45) is 17.8 Å². The molecular formula is C29H33BN2O6. The molecule has 0 unspecified atom stereocenters. The number of phenols is 1. The van der Waals surface area contributed by atoms with Crippen molar-refractivity contribution in [2.45, 2.75) is 44.4 Å². The summed E-state index contributed by atoms with van der Waals surface area (Å²) in [6.07, 6.45) is 1.43. The number of carbonyl (C=O) groups excluding carboxylic acids is 2. The summed E-state index contributed by atoms with van der Waals surface area (Å²) in [5.74, 6) is -1.86. The van der Waals surface area contributed by atoms with Crippen LogP contribution in [-0.2, 0) is 20.8 Å². The summed E-state index contributed by atoms with van der Waals surface area (Å²) in [6.45, 7) is 2.17. The number of likely N-dealkylation sites (tertiary alicyclic amines) is 2. The van der Waals surface area contributed by atoms with Crippen molar-refractivity contribution in [1.82, 2.24) is 9.80 Å².